The second-order valence-electron chi connectivity index (χ2n) is 3.67. The molecule has 0 radical (unpaired) electrons. The van der Waals surface area contributed by atoms with Gasteiger partial charge in [-0.1, -0.05) is 0 Å². The second-order valence-corrected chi connectivity index (χ2v) is 3.67. The molecule has 0 saturated heterocycles. The molecule has 1 amide bonds. The van der Waals surface area contributed by atoms with Gasteiger partial charge in [0.15, 0.2) is 0 Å². The number of rotatable bonds is 3. The minimum Gasteiger partial charge on any atom is -0.345 e. The molecule has 0 aliphatic heterocycles. The highest BCUT2D eigenvalue weighted by atomic mass is 16.1. The fourth-order valence-corrected chi connectivity index (χ4v) is 1.35. The summed E-state index contributed by atoms with van der Waals surface area (Å²) in [5.41, 5.74) is 2.03. The van der Waals surface area contributed by atoms with Crippen LogP contribution in [0.2, 0.25) is 0 Å². The van der Waals surface area contributed by atoms with Crippen molar-refractivity contribution in [2.75, 3.05) is 0 Å². The molecular formula is C11H13N5O. The molecule has 0 atom stereocenters. The van der Waals surface area contributed by atoms with E-state index in [0.717, 1.165) is 11.4 Å². The summed E-state index contributed by atoms with van der Waals surface area (Å²) in [4.78, 5) is 19.7. The van der Waals surface area contributed by atoms with Crippen molar-refractivity contribution in [2.24, 2.45) is 7.05 Å². The highest BCUT2D eigenvalue weighted by Gasteiger charge is 2.07. The van der Waals surface area contributed by atoms with Gasteiger partial charge in [-0.3, -0.25) is 14.5 Å². The maximum atomic E-state index is 11.7. The molecule has 0 aromatic carbocycles. The van der Waals surface area contributed by atoms with Crippen LogP contribution in [-0.4, -0.2) is 25.7 Å². The van der Waals surface area contributed by atoms with Crippen LogP contribution < -0.4 is 5.32 Å². The summed E-state index contributed by atoms with van der Waals surface area (Å²) in [6, 6.07) is 1.85. The largest absolute Gasteiger partial charge is 0.345 e. The smallest absolute Gasteiger partial charge is 0.271 e. The first-order valence-corrected chi connectivity index (χ1v) is 5.20. The van der Waals surface area contributed by atoms with Crippen molar-refractivity contribution < 1.29 is 4.79 Å². The number of hydrogen-bond acceptors (Lipinski definition) is 4. The molecule has 0 aliphatic rings. The van der Waals surface area contributed by atoms with E-state index in [1.54, 1.807) is 17.1 Å². The summed E-state index contributed by atoms with van der Waals surface area (Å²) in [6.07, 6.45) is 4.72. The van der Waals surface area contributed by atoms with Gasteiger partial charge in [-0.15, -0.1) is 0 Å². The van der Waals surface area contributed by atoms with E-state index in [9.17, 15) is 4.79 Å². The fraction of sp³-hybridized carbons (Fsp3) is 0.273. The quantitative estimate of drug-likeness (QED) is 0.832. The van der Waals surface area contributed by atoms with Gasteiger partial charge in [0.25, 0.3) is 5.91 Å². The van der Waals surface area contributed by atoms with E-state index in [4.69, 9.17) is 0 Å². The Kier molecular flexibility index (Phi) is 3.13. The molecule has 0 bridgehead atoms. The van der Waals surface area contributed by atoms with Crippen LogP contribution in [0.4, 0.5) is 0 Å². The van der Waals surface area contributed by atoms with Crippen LogP contribution in [0.5, 0.6) is 0 Å². The summed E-state index contributed by atoms with van der Waals surface area (Å²) in [5.74, 6) is -0.237. The standard InChI is InChI=1S/C11H13N5O/c1-8-5-13-10(7-12-8)11(17)14-6-9-3-4-15-16(9)2/h3-5,7H,6H2,1-2H3,(H,14,17). The minimum absolute atomic E-state index is 0.237. The second kappa shape index (κ2) is 4.73. The Morgan fingerprint density at radius 3 is 2.82 bits per heavy atom. The number of nitrogens with one attached hydrogen (secondary N) is 1. The van der Waals surface area contributed by atoms with Gasteiger partial charge >= 0.3 is 0 Å². The van der Waals surface area contributed by atoms with Crippen LogP contribution in [0.25, 0.3) is 0 Å². The lowest BCUT2D eigenvalue weighted by molar-refractivity contribution is 0.0944. The molecular weight excluding hydrogens is 218 g/mol. The molecule has 2 heterocycles. The van der Waals surface area contributed by atoms with Crippen molar-refractivity contribution in [2.45, 2.75) is 13.5 Å². The van der Waals surface area contributed by atoms with Gasteiger partial charge in [0.05, 0.1) is 24.1 Å². The van der Waals surface area contributed by atoms with E-state index in [-0.39, 0.29) is 5.91 Å². The monoisotopic (exact) mass is 231 g/mol. The summed E-state index contributed by atoms with van der Waals surface area (Å²) < 4.78 is 1.71. The molecule has 2 rings (SSSR count). The molecule has 0 aliphatic carbocycles. The van der Waals surface area contributed by atoms with Crippen LogP contribution in [0.1, 0.15) is 21.9 Å². The zero-order chi connectivity index (χ0) is 12.3. The van der Waals surface area contributed by atoms with Gasteiger partial charge in [0.2, 0.25) is 0 Å². The Balaban J connectivity index is 1.98. The molecule has 2 aromatic heterocycles. The number of carbonyl (C=O) groups is 1. The lowest BCUT2D eigenvalue weighted by atomic mass is 10.3. The average Bonchev–Trinajstić information content (AvgIpc) is 2.73. The van der Waals surface area contributed by atoms with Gasteiger partial charge in [-0.25, -0.2) is 4.98 Å². The third-order valence-electron chi connectivity index (χ3n) is 2.37. The third-order valence-corrected chi connectivity index (χ3v) is 2.37. The predicted molar refractivity (Wildman–Crippen MR) is 61.1 cm³/mol. The first-order valence-electron chi connectivity index (χ1n) is 5.20. The summed E-state index contributed by atoms with van der Waals surface area (Å²) >= 11 is 0. The van der Waals surface area contributed by atoms with Gasteiger partial charge in [0, 0.05) is 19.4 Å². The minimum atomic E-state index is -0.237. The number of aromatic nitrogens is 4. The molecule has 17 heavy (non-hydrogen) atoms. The van der Waals surface area contributed by atoms with E-state index in [1.165, 1.54) is 6.20 Å². The van der Waals surface area contributed by atoms with Crippen molar-refractivity contribution in [1.82, 2.24) is 25.1 Å². The van der Waals surface area contributed by atoms with Crippen molar-refractivity contribution in [3.63, 3.8) is 0 Å². The lowest BCUT2D eigenvalue weighted by Gasteiger charge is -2.04. The first kappa shape index (κ1) is 11.3. The zero-order valence-electron chi connectivity index (χ0n) is 9.71. The van der Waals surface area contributed by atoms with Crippen molar-refractivity contribution in [3.05, 3.63) is 41.7 Å². The number of aryl methyl sites for hydroxylation is 2. The van der Waals surface area contributed by atoms with Gasteiger partial charge in [0.1, 0.15) is 5.69 Å². The van der Waals surface area contributed by atoms with E-state index >= 15 is 0 Å². The Hall–Kier alpha value is -2.24. The Labute approximate surface area is 98.7 Å². The Morgan fingerprint density at radius 1 is 1.41 bits per heavy atom. The molecule has 0 fully saturated rings. The number of nitrogens with zero attached hydrogens (tertiary/aromatic N) is 4. The molecule has 88 valence electrons. The van der Waals surface area contributed by atoms with Crippen molar-refractivity contribution in [1.29, 1.82) is 0 Å². The van der Waals surface area contributed by atoms with Gasteiger partial charge in [-0.2, -0.15) is 5.10 Å². The van der Waals surface area contributed by atoms with Crippen molar-refractivity contribution in [3.8, 4) is 0 Å². The van der Waals surface area contributed by atoms with Crippen LogP contribution >= 0.6 is 0 Å². The number of amides is 1. The van der Waals surface area contributed by atoms with Crippen LogP contribution in [0.3, 0.4) is 0 Å². The average molecular weight is 231 g/mol. The highest BCUT2D eigenvalue weighted by molar-refractivity contribution is 5.91. The van der Waals surface area contributed by atoms with E-state index in [1.807, 2.05) is 20.0 Å². The predicted octanol–water partition coefficient (Wildman–Crippen LogP) is 0.449. The zero-order valence-corrected chi connectivity index (χ0v) is 9.71. The van der Waals surface area contributed by atoms with Gasteiger partial charge in [-0.05, 0) is 13.0 Å². The number of hydrogen-bond donors (Lipinski definition) is 1. The Bertz CT molecular complexity index is 517. The first-order chi connectivity index (χ1) is 8.16. The third kappa shape index (κ3) is 2.66. The van der Waals surface area contributed by atoms with E-state index < -0.39 is 0 Å². The Morgan fingerprint density at radius 2 is 2.24 bits per heavy atom. The van der Waals surface area contributed by atoms with Crippen LogP contribution in [-0.2, 0) is 13.6 Å². The summed E-state index contributed by atoms with van der Waals surface area (Å²) in [7, 11) is 1.83. The molecule has 0 unspecified atom stereocenters. The molecule has 6 heteroatoms. The molecule has 6 nitrogen and oxygen atoms in total. The van der Waals surface area contributed by atoms with E-state index in [0.29, 0.717) is 12.2 Å². The lowest BCUT2D eigenvalue weighted by Crippen LogP contribution is -2.25. The maximum absolute atomic E-state index is 11.7. The van der Waals surface area contributed by atoms with Gasteiger partial charge < -0.3 is 5.32 Å². The van der Waals surface area contributed by atoms with Crippen molar-refractivity contribution >= 4 is 5.91 Å². The normalized spacial score (nSPS) is 10.2. The van der Waals surface area contributed by atoms with Crippen LogP contribution in [0.15, 0.2) is 24.7 Å². The molecule has 1 N–H and O–H groups in total. The molecule has 2 aromatic rings. The maximum Gasteiger partial charge on any atom is 0.271 e. The number of carbonyl (C=O) groups excluding carboxylic acids is 1. The molecule has 0 spiro atoms. The topological polar surface area (TPSA) is 72.7 Å². The fourth-order valence-electron chi connectivity index (χ4n) is 1.35. The molecule has 0 saturated carbocycles. The SMILES string of the molecule is Cc1cnc(C(=O)NCc2ccnn2C)cn1. The highest BCUT2D eigenvalue weighted by Crippen LogP contribution is 1.98. The van der Waals surface area contributed by atoms with Crippen LogP contribution in [0, 0.1) is 6.92 Å². The summed E-state index contributed by atoms with van der Waals surface area (Å²) in [5, 5.41) is 6.78. The van der Waals surface area contributed by atoms with E-state index in [2.05, 4.69) is 20.4 Å². The summed E-state index contributed by atoms with van der Waals surface area (Å²) in [6.45, 7) is 2.25.